The van der Waals surface area contributed by atoms with Gasteiger partial charge in [0, 0.05) is 12.1 Å². The zero-order valence-corrected chi connectivity index (χ0v) is 11.9. The van der Waals surface area contributed by atoms with E-state index in [-0.39, 0.29) is 11.9 Å². The molecule has 1 aliphatic carbocycles. The minimum Gasteiger partial charge on any atom is -0.496 e. The van der Waals surface area contributed by atoms with Crippen molar-refractivity contribution in [1.29, 1.82) is 0 Å². The van der Waals surface area contributed by atoms with Gasteiger partial charge in [-0.2, -0.15) is 0 Å². The van der Waals surface area contributed by atoms with Crippen molar-refractivity contribution < 1.29 is 14.3 Å². The van der Waals surface area contributed by atoms with Crippen LogP contribution in [-0.4, -0.2) is 25.1 Å². The number of halogens is 1. The van der Waals surface area contributed by atoms with Gasteiger partial charge >= 0.3 is 5.97 Å². The molecule has 1 aliphatic rings. The molecule has 5 heteroatoms. The lowest BCUT2D eigenvalue weighted by Crippen LogP contribution is -2.20. The molecule has 0 heterocycles. The number of carbonyl (C=O) groups is 1. The van der Waals surface area contributed by atoms with Crippen LogP contribution < -0.4 is 10.5 Å². The highest BCUT2D eigenvalue weighted by Gasteiger charge is 2.59. The van der Waals surface area contributed by atoms with E-state index in [0.717, 1.165) is 23.3 Å². The molecule has 2 unspecified atom stereocenters. The van der Waals surface area contributed by atoms with E-state index in [9.17, 15) is 4.79 Å². The lowest BCUT2D eigenvalue weighted by atomic mass is 10.0. The number of rotatable bonds is 5. The normalized spacial score (nSPS) is 24.9. The van der Waals surface area contributed by atoms with Crippen LogP contribution in [0.25, 0.3) is 0 Å². The summed E-state index contributed by atoms with van der Waals surface area (Å²) in [6.07, 6.45) is 1.40. The van der Waals surface area contributed by atoms with Crippen molar-refractivity contribution >= 4 is 17.6 Å². The number of hydrogen-bond acceptors (Lipinski definition) is 4. The lowest BCUT2D eigenvalue weighted by molar-refractivity contribution is -0.141. The van der Waals surface area contributed by atoms with Crippen LogP contribution in [0.15, 0.2) is 18.2 Å². The second-order valence-corrected chi connectivity index (χ2v) is 5.48. The smallest absolute Gasteiger partial charge is 0.327 e. The maximum Gasteiger partial charge on any atom is 0.327 e. The molecule has 0 aromatic heterocycles. The van der Waals surface area contributed by atoms with Gasteiger partial charge in [0.05, 0.1) is 14.2 Å². The third kappa shape index (κ3) is 2.69. The molecular formula is C14H18ClNO3. The number of alkyl halides is 1. The summed E-state index contributed by atoms with van der Waals surface area (Å²) < 4.78 is 9.94. The zero-order chi connectivity index (χ0) is 14.0. The Morgan fingerprint density at radius 2 is 2.26 bits per heavy atom. The lowest BCUT2D eigenvalue weighted by Gasteiger charge is -2.10. The molecule has 1 aromatic rings. The van der Waals surface area contributed by atoms with Crippen molar-refractivity contribution in [2.45, 2.75) is 24.3 Å². The van der Waals surface area contributed by atoms with Crippen molar-refractivity contribution in [2.24, 2.45) is 11.7 Å². The van der Waals surface area contributed by atoms with Crippen LogP contribution in [0.5, 0.6) is 5.75 Å². The molecule has 0 radical (unpaired) electrons. The van der Waals surface area contributed by atoms with Crippen LogP contribution in [0.3, 0.4) is 0 Å². The monoisotopic (exact) mass is 283 g/mol. The quantitative estimate of drug-likeness (QED) is 0.662. The van der Waals surface area contributed by atoms with Crippen LogP contribution in [0.1, 0.15) is 17.5 Å². The van der Waals surface area contributed by atoms with Crippen LogP contribution in [-0.2, 0) is 22.5 Å². The van der Waals surface area contributed by atoms with Gasteiger partial charge in [-0.15, -0.1) is 11.6 Å². The van der Waals surface area contributed by atoms with E-state index >= 15 is 0 Å². The fourth-order valence-electron chi connectivity index (χ4n) is 2.36. The predicted molar refractivity (Wildman–Crippen MR) is 73.3 cm³/mol. The Morgan fingerprint density at radius 3 is 2.84 bits per heavy atom. The highest BCUT2D eigenvalue weighted by Crippen LogP contribution is 2.52. The number of methoxy groups -OCH3 is 2. The second kappa shape index (κ2) is 5.39. The van der Waals surface area contributed by atoms with Crippen LogP contribution in [0, 0.1) is 5.92 Å². The van der Waals surface area contributed by atoms with E-state index in [2.05, 4.69) is 0 Å². The van der Waals surface area contributed by atoms with Gasteiger partial charge in [-0.05, 0) is 30.4 Å². The fourth-order valence-corrected chi connectivity index (χ4v) is 2.70. The molecular weight excluding hydrogens is 266 g/mol. The first-order valence-electron chi connectivity index (χ1n) is 6.18. The van der Waals surface area contributed by atoms with Crippen molar-refractivity contribution in [3.63, 3.8) is 0 Å². The average molecular weight is 284 g/mol. The molecule has 2 rings (SSSR count). The molecule has 1 aromatic carbocycles. The van der Waals surface area contributed by atoms with Gasteiger partial charge in [0.15, 0.2) is 0 Å². The Kier molecular flexibility index (Phi) is 4.02. The Hall–Kier alpha value is -1.26. The minimum absolute atomic E-state index is 0.126. The highest BCUT2D eigenvalue weighted by molar-refractivity contribution is 6.36. The van der Waals surface area contributed by atoms with Gasteiger partial charge in [0.2, 0.25) is 0 Å². The van der Waals surface area contributed by atoms with E-state index in [4.69, 9.17) is 26.8 Å². The van der Waals surface area contributed by atoms with Crippen molar-refractivity contribution in [3.05, 3.63) is 29.3 Å². The summed E-state index contributed by atoms with van der Waals surface area (Å²) in [5.41, 5.74) is 7.75. The number of benzene rings is 1. The summed E-state index contributed by atoms with van der Waals surface area (Å²) >= 11 is 6.22. The highest BCUT2D eigenvalue weighted by atomic mass is 35.5. The standard InChI is InChI=1S/C14H18ClNO3/c1-18-12-4-3-9(5-10(12)8-16)6-11-7-14(11,15)13(17)19-2/h3-5,11H,6-8,16H2,1-2H3. The fraction of sp³-hybridized carbons (Fsp3) is 0.500. The first kappa shape index (κ1) is 14.2. The Bertz CT molecular complexity index is 492. The molecule has 1 saturated carbocycles. The molecule has 19 heavy (non-hydrogen) atoms. The maximum absolute atomic E-state index is 11.5. The molecule has 0 saturated heterocycles. The molecule has 0 bridgehead atoms. The molecule has 4 nitrogen and oxygen atoms in total. The van der Waals surface area contributed by atoms with Gasteiger partial charge < -0.3 is 15.2 Å². The van der Waals surface area contributed by atoms with Crippen molar-refractivity contribution in [3.8, 4) is 5.75 Å². The van der Waals surface area contributed by atoms with E-state index in [0.29, 0.717) is 13.0 Å². The predicted octanol–water partition coefficient (Wildman–Crippen LogP) is 1.87. The molecule has 0 amide bonds. The largest absolute Gasteiger partial charge is 0.496 e. The molecule has 2 atom stereocenters. The minimum atomic E-state index is -0.836. The summed E-state index contributed by atoms with van der Waals surface area (Å²) in [5, 5.41) is 0. The molecule has 104 valence electrons. The van der Waals surface area contributed by atoms with Gasteiger partial charge in [0.25, 0.3) is 0 Å². The molecule has 1 fully saturated rings. The SMILES string of the molecule is COC(=O)C1(Cl)CC1Cc1ccc(OC)c(CN)c1. The van der Waals surface area contributed by atoms with Gasteiger partial charge in [0.1, 0.15) is 10.6 Å². The number of esters is 1. The Labute approximate surface area is 117 Å². The van der Waals surface area contributed by atoms with E-state index in [1.54, 1.807) is 7.11 Å². The number of ether oxygens (including phenoxy) is 2. The topological polar surface area (TPSA) is 61.5 Å². The second-order valence-electron chi connectivity index (χ2n) is 4.81. The van der Waals surface area contributed by atoms with E-state index < -0.39 is 4.87 Å². The summed E-state index contributed by atoms with van der Waals surface area (Å²) in [6.45, 7) is 0.421. The molecule has 0 spiro atoms. The Morgan fingerprint density at radius 1 is 1.53 bits per heavy atom. The van der Waals surface area contributed by atoms with Crippen LogP contribution in [0.2, 0.25) is 0 Å². The number of carbonyl (C=O) groups excluding carboxylic acids is 1. The summed E-state index contributed by atoms with van der Waals surface area (Å²) in [4.78, 5) is 10.7. The summed E-state index contributed by atoms with van der Waals surface area (Å²) in [7, 11) is 2.98. The van der Waals surface area contributed by atoms with Crippen LogP contribution >= 0.6 is 11.6 Å². The van der Waals surface area contributed by atoms with Gasteiger partial charge in [-0.25, -0.2) is 0 Å². The first-order chi connectivity index (χ1) is 9.05. The number of hydrogen-bond donors (Lipinski definition) is 1. The third-order valence-corrected chi connectivity index (χ3v) is 4.22. The average Bonchev–Trinajstić information content (AvgIpc) is 3.09. The van der Waals surface area contributed by atoms with E-state index in [1.807, 2.05) is 18.2 Å². The first-order valence-corrected chi connectivity index (χ1v) is 6.56. The Balaban J connectivity index is 2.08. The zero-order valence-electron chi connectivity index (χ0n) is 11.1. The van der Waals surface area contributed by atoms with Gasteiger partial charge in [-0.3, -0.25) is 4.79 Å². The molecule has 2 N–H and O–H groups in total. The van der Waals surface area contributed by atoms with Gasteiger partial charge in [-0.1, -0.05) is 12.1 Å². The maximum atomic E-state index is 11.5. The third-order valence-electron chi connectivity index (χ3n) is 3.60. The van der Waals surface area contributed by atoms with Crippen molar-refractivity contribution in [2.75, 3.05) is 14.2 Å². The molecule has 0 aliphatic heterocycles. The van der Waals surface area contributed by atoms with E-state index in [1.165, 1.54) is 7.11 Å². The van der Waals surface area contributed by atoms with Crippen LogP contribution in [0.4, 0.5) is 0 Å². The summed E-state index contributed by atoms with van der Waals surface area (Å²) in [6, 6.07) is 5.88. The summed E-state index contributed by atoms with van der Waals surface area (Å²) in [5.74, 6) is 0.569. The number of nitrogens with two attached hydrogens (primary N) is 1. The van der Waals surface area contributed by atoms with Crippen molar-refractivity contribution in [1.82, 2.24) is 0 Å².